The number of benzene rings is 2. The third-order valence-corrected chi connectivity index (χ3v) is 5.50. The second kappa shape index (κ2) is 12.7. The van der Waals surface area contributed by atoms with E-state index in [4.69, 9.17) is 43.6 Å². The fourth-order valence-electron chi connectivity index (χ4n) is 3.22. The lowest BCUT2D eigenvalue weighted by Gasteiger charge is -2.14. The first-order valence-electron chi connectivity index (χ1n) is 10.5. The number of fused-ring (bicyclic) bond motifs is 1. The number of aliphatic hydroxyl groups is 2. The minimum atomic E-state index is -2.27. The molecule has 0 aliphatic rings. The molecule has 0 bridgehead atoms. The van der Waals surface area contributed by atoms with Gasteiger partial charge < -0.3 is 29.9 Å². The minimum absolute atomic E-state index is 0.00558. The van der Waals surface area contributed by atoms with Crippen molar-refractivity contribution in [2.75, 3.05) is 20.6 Å². The summed E-state index contributed by atoms with van der Waals surface area (Å²) >= 11 is 12.2. The number of nitrogens with zero attached hydrogens (tertiary/aromatic N) is 2. The molecular formula is C24H26Cl2N2O7. The maximum Gasteiger partial charge on any atom is 0.335 e. The van der Waals surface area contributed by atoms with E-state index in [-0.39, 0.29) is 5.56 Å². The van der Waals surface area contributed by atoms with Crippen LogP contribution in [0.2, 0.25) is 10.0 Å². The fourth-order valence-corrected chi connectivity index (χ4v) is 3.52. The normalized spacial score (nSPS) is 12.7. The predicted molar refractivity (Wildman–Crippen MR) is 134 cm³/mol. The summed E-state index contributed by atoms with van der Waals surface area (Å²) < 4.78 is 1.78. The van der Waals surface area contributed by atoms with Crippen LogP contribution in [0, 0.1) is 0 Å². The molecule has 0 fully saturated rings. The first kappa shape index (κ1) is 28.3. The van der Waals surface area contributed by atoms with Gasteiger partial charge in [0.25, 0.3) is 5.56 Å². The van der Waals surface area contributed by atoms with Crippen LogP contribution in [0.4, 0.5) is 0 Å². The number of hydrogen-bond acceptors (Lipinski definition) is 6. The molecule has 0 spiro atoms. The Morgan fingerprint density at radius 3 is 1.97 bits per heavy atom. The van der Waals surface area contributed by atoms with Gasteiger partial charge in [-0.1, -0.05) is 41.4 Å². The van der Waals surface area contributed by atoms with Crippen molar-refractivity contribution < 1.29 is 30.0 Å². The number of aryl methyl sites for hydroxylation is 1. The summed E-state index contributed by atoms with van der Waals surface area (Å²) in [6, 6.07) is 13.1. The van der Waals surface area contributed by atoms with Crippen molar-refractivity contribution in [3.8, 4) is 11.1 Å². The minimum Gasteiger partial charge on any atom is -0.479 e. The highest BCUT2D eigenvalue weighted by atomic mass is 35.5. The Balaban J connectivity index is 0.000000367. The molecule has 3 rings (SSSR count). The van der Waals surface area contributed by atoms with Crippen molar-refractivity contribution in [3.63, 3.8) is 0 Å². The Hall–Kier alpha value is -2.95. The Bertz CT molecular complexity index is 1230. The van der Waals surface area contributed by atoms with Gasteiger partial charge in [0.1, 0.15) is 0 Å². The molecule has 1 heterocycles. The molecular weight excluding hydrogens is 499 g/mol. The lowest BCUT2D eigenvalue weighted by atomic mass is 10.0. The van der Waals surface area contributed by atoms with Gasteiger partial charge in [-0.05, 0) is 62.3 Å². The highest BCUT2D eigenvalue weighted by molar-refractivity contribution is 6.31. The van der Waals surface area contributed by atoms with Gasteiger partial charge in [-0.25, -0.2) is 9.59 Å². The van der Waals surface area contributed by atoms with Crippen molar-refractivity contribution in [2.45, 2.75) is 25.2 Å². The van der Waals surface area contributed by atoms with Crippen LogP contribution in [0.3, 0.4) is 0 Å². The van der Waals surface area contributed by atoms with Gasteiger partial charge >= 0.3 is 11.9 Å². The zero-order valence-corrected chi connectivity index (χ0v) is 20.6. The van der Waals surface area contributed by atoms with Gasteiger partial charge in [0, 0.05) is 33.7 Å². The van der Waals surface area contributed by atoms with E-state index in [2.05, 4.69) is 4.90 Å². The fraction of sp³-hybridized carbons (Fsp3) is 0.292. The topological polar surface area (TPSA) is 140 Å². The largest absolute Gasteiger partial charge is 0.479 e. The molecule has 0 saturated carbocycles. The number of aromatic nitrogens is 1. The summed E-state index contributed by atoms with van der Waals surface area (Å²) in [5.41, 5.74) is 2.03. The summed E-state index contributed by atoms with van der Waals surface area (Å²) in [7, 11) is 4.06. The third-order valence-electron chi connectivity index (χ3n) is 5.01. The SMILES string of the molecule is CN(C)CCCn1cc(-c2ccc(Cl)cc2)c2ccc(Cl)cc2c1=O.O=C(O)C(O)C(O)C(=O)O. The van der Waals surface area contributed by atoms with E-state index in [1.807, 2.05) is 56.7 Å². The Morgan fingerprint density at radius 2 is 1.46 bits per heavy atom. The maximum atomic E-state index is 12.9. The summed E-state index contributed by atoms with van der Waals surface area (Å²) in [6.07, 6.45) is -1.69. The van der Waals surface area contributed by atoms with Crippen molar-refractivity contribution in [3.05, 3.63) is 69.1 Å². The van der Waals surface area contributed by atoms with Crippen LogP contribution in [0.1, 0.15) is 6.42 Å². The molecule has 0 amide bonds. The molecule has 9 nitrogen and oxygen atoms in total. The van der Waals surface area contributed by atoms with Crippen LogP contribution in [0.15, 0.2) is 53.5 Å². The van der Waals surface area contributed by atoms with Gasteiger partial charge in [0.05, 0.1) is 0 Å². The summed E-state index contributed by atoms with van der Waals surface area (Å²) in [6.45, 7) is 1.59. The molecule has 3 aromatic rings. The van der Waals surface area contributed by atoms with E-state index in [0.29, 0.717) is 22.0 Å². The highest BCUT2D eigenvalue weighted by Gasteiger charge is 2.29. The van der Waals surface area contributed by atoms with Crippen molar-refractivity contribution in [1.82, 2.24) is 9.47 Å². The number of halogens is 2. The number of rotatable bonds is 8. The number of carboxylic acids is 2. The van der Waals surface area contributed by atoms with E-state index < -0.39 is 24.1 Å². The molecule has 2 unspecified atom stereocenters. The van der Waals surface area contributed by atoms with Crippen molar-refractivity contribution in [2.24, 2.45) is 0 Å². The molecule has 4 N–H and O–H groups in total. The number of aliphatic carboxylic acids is 2. The zero-order valence-electron chi connectivity index (χ0n) is 19.1. The van der Waals surface area contributed by atoms with Gasteiger partial charge in [-0.15, -0.1) is 0 Å². The number of carbonyl (C=O) groups is 2. The van der Waals surface area contributed by atoms with Crippen LogP contribution in [-0.4, -0.2) is 74.7 Å². The Labute approximate surface area is 211 Å². The molecule has 11 heteroatoms. The second-order valence-corrected chi connectivity index (χ2v) is 8.83. The molecule has 0 aliphatic carbocycles. The number of carboxylic acid groups (broad SMARTS) is 2. The average Bonchev–Trinajstić information content (AvgIpc) is 2.80. The number of pyridine rings is 1. The second-order valence-electron chi connectivity index (χ2n) is 7.96. The van der Waals surface area contributed by atoms with Gasteiger partial charge in [-0.3, -0.25) is 4.79 Å². The smallest absolute Gasteiger partial charge is 0.335 e. The molecule has 0 saturated heterocycles. The van der Waals surface area contributed by atoms with Gasteiger partial charge in [0.2, 0.25) is 0 Å². The Morgan fingerprint density at radius 1 is 0.914 bits per heavy atom. The first-order chi connectivity index (χ1) is 16.4. The highest BCUT2D eigenvalue weighted by Crippen LogP contribution is 2.29. The third kappa shape index (κ3) is 7.78. The molecule has 2 aromatic carbocycles. The molecule has 0 aliphatic heterocycles. The van der Waals surface area contributed by atoms with E-state index in [1.165, 1.54) is 0 Å². The van der Waals surface area contributed by atoms with E-state index >= 15 is 0 Å². The standard InChI is InChI=1S/C20H20Cl2N2O.C4H6O6/c1-23(2)10-3-11-24-13-19(14-4-6-15(21)7-5-14)17-9-8-16(22)12-18(17)20(24)25;5-1(3(7)8)2(6)4(9)10/h4-9,12-13H,3,10-11H2,1-2H3;1-2,5-6H,(H,7,8)(H,9,10). The van der Waals surface area contributed by atoms with Gasteiger partial charge in [0.15, 0.2) is 12.2 Å². The van der Waals surface area contributed by atoms with Crippen molar-refractivity contribution in [1.29, 1.82) is 0 Å². The van der Waals surface area contributed by atoms with Gasteiger partial charge in [-0.2, -0.15) is 0 Å². The van der Waals surface area contributed by atoms with Crippen LogP contribution in [0.25, 0.3) is 21.9 Å². The lowest BCUT2D eigenvalue weighted by molar-refractivity contribution is -0.165. The maximum absolute atomic E-state index is 12.9. The Kier molecular flexibility index (Phi) is 10.2. The van der Waals surface area contributed by atoms with Crippen LogP contribution in [0.5, 0.6) is 0 Å². The molecule has 1 aromatic heterocycles. The molecule has 0 radical (unpaired) electrons. The summed E-state index contributed by atoms with van der Waals surface area (Å²) in [5.74, 6) is -3.54. The van der Waals surface area contributed by atoms with E-state index in [1.54, 1.807) is 10.6 Å². The average molecular weight is 525 g/mol. The predicted octanol–water partition coefficient (Wildman–Crippen LogP) is 2.80. The van der Waals surface area contributed by atoms with Crippen LogP contribution < -0.4 is 5.56 Å². The molecule has 188 valence electrons. The van der Waals surface area contributed by atoms with Crippen LogP contribution >= 0.6 is 23.2 Å². The number of aliphatic hydroxyl groups excluding tert-OH is 2. The lowest BCUT2D eigenvalue weighted by Crippen LogP contribution is -2.39. The van der Waals surface area contributed by atoms with E-state index in [9.17, 15) is 14.4 Å². The van der Waals surface area contributed by atoms with Crippen molar-refractivity contribution >= 4 is 45.9 Å². The van der Waals surface area contributed by atoms with Crippen LogP contribution in [-0.2, 0) is 16.1 Å². The molecule has 2 atom stereocenters. The zero-order chi connectivity index (χ0) is 26.3. The molecule has 35 heavy (non-hydrogen) atoms. The first-order valence-corrected chi connectivity index (χ1v) is 11.2. The van der Waals surface area contributed by atoms with E-state index in [0.717, 1.165) is 29.5 Å². The number of hydrogen-bond donors (Lipinski definition) is 4. The summed E-state index contributed by atoms with van der Waals surface area (Å²) in [4.78, 5) is 34.5. The summed E-state index contributed by atoms with van der Waals surface area (Å²) in [5, 5.41) is 35.3. The monoisotopic (exact) mass is 524 g/mol. The quantitative estimate of drug-likeness (QED) is 0.352.